The van der Waals surface area contributed by atoms with Crippen LogP contribution in [0.15, 0.2) is 24.3 Å². The summed E-state index contributed by atoms with van der Waals surface area (Å²) < 4.78 is 0. The first-order valence-electron chi connectivity index (χ1n) is 6.72. The summed E-state index contributed by atoms with van der Waals surface area (Å²) >= 11 is 0. The number of hydrogen-bond acceptors (Lipinski definition) is 2. The van der Waals surface area contributed by atoms with Crippen LogP contribution in [0, 0.1) is 5.92 Å². The van der Waals surface area contributed by atoms with Crippen molar-refractivity contribution >= 4 is 19.4 Å². The van der Waals surface area contributed by atoms with E-state index in [9.17, 15) is 4.79 Å². The highest BCUT2D eigenvalue weighted by Crippen LogP contribution is 2.40. The lowest BCUT2D eigenvalue weighted by Crippen LogP contribution is -2.58. The molecule has 1 saturated heterocycles. The third kappa shape index (κ3) is 1.35. The van der Waals surface area contributed by atoms with Crippen molar-refractivity contribution in [3.05, 3.63) is 29.8 Å². The molecule has 0 radical (unpaired) electrons. The molecule has 4 heteroatoms. The van der Waals surface area contributed by atoms with Gasteiger partial charge in [-0.15, -0.1) is 0 Å². The number of rotatable bonds is 0. The van der Waals surface area contributed by atoms with Crippen LogP contribution in [0.2, 0.25) is 0 Å². The summed E-state index contributed by atoms with van der Waals surface area (Å²) in [5, 5.41) is 3.53. The molecule has 2 heterocycles. The fourth-order valence-electron chi connectivity index (χ4n) is 3.42. The van der Waals surface area contributed by atoms with Gasteiger partial charge in [0.1, 0.15) is 7.85 Å². The van der Waals surface area contributed by atoms with Crippen LogP contribution in [0.5, 0.6) is 0 Å². The molecule has 94 valence electrons. The number of benzene rings is 1. The summed E-state index contributed by atoms with van der Waals surface area (Å²) in [6, 6.07) is 8.10. The van der Waals surface area contributed by atoms with E-state index in [1.807, 2.05) is 24.3 Å². The van der Waals surface area contributed by atoms with E-state index in [1.165, 1.54) is 0 Å². The molecule has 0 bridgehead atoms. The van der Waals surface area contributed by atoms with Gasteiger partial charge in [-0.2, -0.15) is 0 Å². The van der Waals surface area contributed by atoms with E-state index in [1.54, 1.807) is 0 Å². The molecule has 2 aliphatic heterocycles. The number of nitrogens with zero attached hydrogens (tertiary/aromatic N) is 1. The third-order valence-corrected chi connectivity index (χ3v) is 5.02. The lowest BCUT2D eigenvalue weighted by molar-refractivity contribution is 0.0669. The fourth-order valence-corrected chi connectivity index (χ4v) is 3.42. The summed E-state index contributed by atoms with van der Waals surface area (Å²) in [5.74, 6) is 0.701. The molecule has 3 atom stereocenters. The van der Waals surface area contributed by atoms with Crippen LogP contribution in [0.3, 0.4) is 0 Å². The standard InChI is InChI=1S/C14H19BN2O/c1-9-7-8-17-13(18)11-5-3-4-6-12(11)16-10(2)14(9,17)15/h3-6,9-10,16H,7-8,15H2,1-2H3. The Labute approximate surface area is 109 Å². The molecule has 1 N–H and O–H groups in total. The molecule has 18 heavy (non-hydrogen) atoms. The highest BCUT2D eigenvalue weighted by Gasteiger charge is 2.50. The number of nitrogens with one attached hydrogen (secondary N) is 1. The van der Waals surface area contributed by atoms with Crippen molar-refractivity contribution in [2.45, 2.75) is 31.7 Å². The second kappa shape index (κ2) is 3.77. The topological polar surface area (TPSA) is 32.3 Å². The van der Waals surface area contributed by atoms with E-state index in [0.717, 1.165) is 24.2 Å². The zero-order chi connectivity index (χ0) is 12.9. The number of fused-ring (bicyclic) bond motifs is 2. The number of amides is 1. The van der Waals surface area contributed by atoms with Crippen molar-refractivity contribution in [3.63, 3.8) is 0 Å². The first-order chi connectivity index (χ1) is 8.55. The van der Waals surface area contributed by atoms with Gasteiger partial charge in [0.25, 0.3) is 5.91 Å². The van der Waals surface area contributed by atoms with E-state index in [0.29, 0.717) is 5.92 Å². The average molecular weight is 242 g/mol. The first kappa shape index (κ1) is 11.6. The van der Waals surface area contributed by atoms with Gasteiger partial charge >= 0.3 is 0 Å². The molecule has 0 saturated carbocycles. The van der Waals surface area contributed by atoms with Crippen molar-refractivity contribution in [2.24, 2.45) is 5.92 Å². The minimum absolute atomic E-state index is 0.0872. The largest absolute Gasteiger partial charge is 0.380 e. The maximum atomic E-state index is 12.7. The molecule has 0 aliphatic carbocycles. The van der Waals surface area contributed by atoms with Crippen LogP contribution in [0.1, 0.15) is 30.6 Å². The molecule has 1 aromatic carbocycles. The summed E-state index contributed by atoms with van der Waals surface area (Å²) in [6.45, 7) is 5.31. The molecule has 1 amide bonds. The third-order valence-electron chi connectivity index (χ3n) is 5.02. The van der Waals surface area contributed by atoms with Gasteiger partial charge < -0.3 is 10.2 Å². The van der Waals surface area contributed by atoms with Crippen LogP contribution >= 0.6 is 0 Å². The zero-order valence-corrected chi connectivity index (χ0v) is 11.2. The Morgan fingerprint density at radius 3 is 2.89 bits per heavy atom. The summed E-state index contributed by atoms with van der Waals surface area (Å²) in [7, 11) is 2.21. The summed E-state index contributed by atoms with van der Waals surface area (Å²) in [4.78, 5) is 14.8. The number of hydrogen-bond donors (Lipinski definition) is 1. The van der Waals surface area contributed by atoms with E-state index in [2.05, 4.69) is 31.9 Å². The Hall–Kier alpha value is -1.45. The van der Waals surface area contributed by atoms with Crippen LogP contribution in [0.25, 0.3) is 0 Å². The minimum atomic E-state index is -0.0872. The number of carbonyl (C=O) groups is 1. The van der Waals surface area contributed by atoms with Crippen molar-refractivity contribution in [1.82, 2.24) is 4.90 Å². The first-order valence-corrected chi connectivity index (χ1v) is 6.72. The fraction of sp³-hybridized carbons (Fsp3) is 0.500. The van der Waals surface area contributed by atoms with Crippen LogP contribution < -0.4 is 5.32 Å². The number of anilines is 1. The van der Waals surface area contributed by atoms with Crippen molar-refractivity contribution in [3.8, 4) is 0 Å². The maximum Gasteiger partial charge on any atom is 0.255 e. The van der Waals surface area contributed by atoms with Gasteiger partial charge in [-0.3, -0.25) is 4.79 Å². The van der Waals surface area contributed by atoms with E-state index in [4.69, 9.17) is 0 Å². The van der Waals surface area contributed by atoms with E-state index in [-0.39, 0.29) is 17.4 Å². The van der Waals surface area contributed by atoms with Crippen molar-refractivity contribution in [1.29, 1.82) is 0 Å². The van der Waals surface area contributed by atoms with Gasteiger partial charge in [-0.1, -0.05) is 19.1 Å². The molecule has 3 unspecified atom stereocenters. The van der Waals surface area contributed by atoms with Gasteiger partial charge in [0.15, 0.2) is 0 Å². The quantitative estimate of drug-likeness (QED) is 0.696. The monoisotopic (exact) mass is 242 g/mol. The molecule has 3 nitrogen and oxygen atoms in total. The normalized spacial score (nSPS) is 34.6. The highest BCUT2D eigenvalue weighted by molar-refractivity contribution is 6.19. The Morgan fingerprint density at radius 1 is 1.39 bits per heavy atom. The lowest BCUT2D eigenvalue weighted by atomic mass is 9.65. The van der Waals surface area contributed by atoms with Crippen molar-refractivity contribution in [2.75, 3.05) is 11.9 Å². The number of carbonyl (C=O) groups excluding carboxylic acids is 1. The van der Waals surface area contributed by atoms with Gasteiger partial charge in [0.05, 0.1) is 5.56 Å². The summed E-state index contributed by atoms with van der Waals surface area (Å²) in [5.41, 5.74) is 1.69. The second-order valence-corrected chi connectivity index (χ2v) is 5.78. The predicted molar refractivity (Wildman–Crippen MR) is 75.6 cm³/mol. The summed E-state index contributed by atoms with van der Waals surface area (Å²) in [6.07, 6.45) is 1.09. The van der Waals surface area contributed by atoms with E-state index < -0.39 is 0 Å². The molecule has 0 spiro atoms. The molecular formula is C14H19BN2O. The molecule has 0 aromatic heterocycles. The molecule has 2 aliphatic rings. The Kier molecular flexibility index (Phi) is 2.44. The lowest BCUT2D eigenvalue weighted by Gasteiger charge is -2.42. The van der Waals surface area contributed by atoms with Crippen molar-refractivity contribution < 1.29 is 4.79 Å². The maximum absolute atomic E-state index is 12.7. The Balaban J connectivity index is 2.14. The zero-order valence-electron chi connectivity index (χ0n) is 11.2. The molecule has 3 rings (SSSR count). The van der Waals surface area contributed by atoms with Gasteiger partial charge in [0, 0.05) is 23.7 Å². The van der Waals surface area contributed by atoms with Gasteiger partial charge in [-0.25, -0.2) is 0 Å². The van der Waals surface area contributed by atoms with Gasteiger partial charge in [0.2, 0.25) is 0 Å². The smallest absolute Gasteiger partial charge is 0.255 e. The molecular weight excluding hydrogens is 223 g/mol. The van der Waals surface area contributed by atoms with Crippen LogP contribution in [-0.2, 0) is 0 Å². The van der Waals surface area contributed by atoms with Crippen LogP contribution in [-0.4, -0.2) is 36.7 Å². The predicted octanol–water partition coefficient (Wildman–Crippen LogP) is 1.31. The molecule has 1 fully saturated rings. The SMILES string of the molecule is BC12C(C)CCN1C(=O)c1ccccc1NC2C. The number of para-hydroxylation sites is 1. The second-order valence-electron chi connectivity index (χ2n) is 5.78. The Bertz CT molecular complexity index is 504. The highest BCUT2D eigenvalue weighted by atomic mass is 16.2. The van der Waals surface area contributed by atoms with Crippen LogP contribution in [0.4, 0.5) is 5.69 Å². The van der Waals surface area contributed by atoms with Gasteiger partial charge in [-0.05, 0) is 31.4 Å². The Morgan fingerprint density at radius 2 is 2.11 bits per heavy atom. The minimum Gasteiger partial charge on any atom is -0.380 e. The van der Waals surface area contributed by atoms with E-state index >= 15 is 0 Å². The molecule has 1 aromatic rings. The average Bonchev–Trinajstić information content (AvgIpc) is 2.63.